The summed E-state index contributed by atoms with van der Waals surface area (Å²) >= 11 is 0. The fraction of sp³-hybridized carbons (Fsp3) is 0.519. The van der Waals surface area contributed by atoms with Gasteiger partial charge in [0.15, 0.2) is 0 Å². The Hall–Kier alpha value is -2.58. The molecular formula is C27H34F3N5. The lowest BCUT2D eigenvalue weighted by molar-refractivity contribution is -0.141. The van der Waals surface area contributed by atoms with Gasteiger partial charge in [-0.05, 0) is 64.0 Å². The largest absolute Gasteiger partial charge is 0.433 e. The van der Waals surface area contributed by atoms with Crippen molar-refractivity contribution in [1.29, 1.82) is 0 Å². The van der Waals surface area contributed by atoms with Gasteiger partial charge in [0.1, 0.15) is 5.69 Å². The summed E-state index contributed by atoms with van der Waals surface area (Å²) in [4.78, 5) is 14.5. The summed E-state index contributed by atoms with van der Waals surface area (Å²) in [6.45, 7) is 11.1. The third-order valence-corrected chi connectivity index (χ3v) is 7.36. The van der Waals surface area contributed by atoms with Crippen molar-refractivity contribution in [1.82, 2.24) is 19.8 Å². The molecule has 1 aromatic carbocycles. The van der Waals surface area contributed by atoms with Gasteiger partial charge in [0, 0.05) is 66.6 Å². The van der Waals surface area contributed by atoms with Gasteiger partial charge >= 0.3 is 6.18 Å². The van der Waals surface area contributed by atoms with Crippen LogP contribution in [0, 0.1) is 0 Å². The molecular weight excluding hydrogens is 451 g/mol. The third kappa shape index (κ3) is 5.33. The Bertz CT molecular complexity index is 1140. The van der Waals surface area contributed by atoms with Crippen LogP contribution in [0.5, 0.6) is 0 Å². The molecule has 2 fully saturated rings. The van der Waals surface area contributed by atoms with Crippen molar-refractivity contribution in [2.75, 3.05) is 44.2 Å². The highest BCUT2D eigenvalue weighted by Crippen LogP contribution is 2.35. The summed E-state index contributed by atoms with van der Waals surface area (Å²) in [5, 5.41) is 0.739. The number of fused-ring (bicyclic) bond motifs is 1. The molecule has 0 amide bonds. The average molecular weight is 486 g/mol. The Morgan fingerprint density at radius 3 is 2.23 bits per heavy atom. The van der Waals surface area contributed by atoms with Crippen LogP contribution in [0.3, 0.4) is 0 Å². The summed E-state index contributed by atoms with van der Waals surface area (Å²) in [6, 6.07) is 11.5. The number of hydrogen-bond acceptors (Lipinski definition) is 4. The lowest BCUT2D eigenvalue weighted by atomic mass is 10.1. The van der Waals surface area contributed by atoms with E-state index in [1.165, 1.54) is 19.3 Å². The van der Waals surface area contributed by atoms with Crippen LogP contribution in [0.2, 0.25) is 0 Å². The number of H-pyrrole nitrogens is 1. The number of pyridine rings is 1. The molecule has 0 bridgehead atoms. The first-order valence-corrected chi connectivity index (χ1v) is 12.7. The molecule has 0 unspecified atom stereocenters. The molecule has 35 heavy (non-hydrogen) atoms. The number of alkyl halides is 3. The predicted octanol–water partition coefficient (Wildman–Crippen LogP) is 5.77. The molecule has 2 aliphatic heterocycles. The third-order valence-electron chi connectivity index (χ3n) is 7.36. The normalized spacial score (nSPS) is 18.6. The summed E-state index contributed by atoms with van der Waals surface area (Å²) in [5.41, 5.74) is 2.74. The number of halogens is 3. The molecule has 1 N–H and O–H groups in total. The van der Waals surface area contributed by atoms with Crippen LogP contribution >= 0.6 is 0 Å². The number of benzene rings is 1. The minimum atomic E-state index is -4.50. The van der Waals surface area contributed by atoms with E-state index in [1.54, 1.807) is 0 Å². The Morgan fingerprint density at radius 1 is 0.914 bits per heavy atom. The van der Waals surface area contributed by atoms with E-state index in [4.69, 9.17) is 0 Å². The number of aromatic nitrogens is 2. The first-order valence-electron chi connectivity index (χ1n) is 12.7. The summed E-state index contributed by atoms with van der Waals surface area (Å²) in [6.07, 6.45) is -0.916. The van der Waals surface area contributed by atoms with Crippen LogP contribution in [-0.4, -0.2) is 65.1 Å². The van der Waals surface area contributed by atoms with Gasteiger partial charge in [-0.3, -0.25) is 9.80 Å². The summed E-state index contributed by atoms with van der Waals surface area (Å²) < 4.78 is 41.1. The molecule has 2 saturated heterocycles. The zero-order valence-electron chi connectivity index (χ0n) is 20.5. The number of nitrogens with zero attached hydrogens (tertiary/aromatic N) is 4. The molecule has 3 aromatic rings. The van der Waals surface area contributed by atoms with Gasteiger partial charge in [0.2, 0.25) is 0 Å². The van der Waals surface area contributed by atoms with Gasteiger partial charge in [-0.2, -0.15) is 13.2 Å². The van der Waals surface area contributed by atoms with Crippen molar-refractivity contribution in [2.24, 2.45) is 0 Å². The molecule has 0 spiro atoms. The predicted molar refractivity (Wildman–Crippen MR) is 135 cm³/mol. The SMILES string of the molecule is CC(C)N1CCN(c2ccc(-c3nc(C(F)(F)F)cc4[nH]c(CN5CCCCC5)cc34)cc2)CC1. The number of anilines is 1. The van der Waals surface area contributed by atoms with E-state index >= 15 is 0 Å². The maximum absolute atomic E-state index is 13.7. The number of nitrogens with one attached hydrogen (secondary N) is 1. The van der Waals surface area contributed by atoms with E-state index in [1.807, 2.05) is 30.3 Å². The molecule has 188 valence electrons. The zero-order chi connectivity index (χ0) is 24.6. The van der Waals surface area contributed by atoms with Crippen molar-refractivity contribution in [3.63, 3.8) is 0 Å². The summed E-state index contributed by atoms with van der Waals surface area (Å²) in [7, 11) is 0. The molecule has 5 rings (SSSR count). The van der Waals surface area contributed by atoms with E-state index in [0.717, 1.165) is 68.6 Å². The molecule has 4 heterocycles. The van der Waals surface area contributed by atoms with Crippen molar-refractivity contribution in [3.8, 4) is 11.3 Å². The average Bonchev–Trinajstić information content (AvgIpc) is 3.26. The van der Waals surface area contributed by atoms with Crippen molar-refractivity contribution in [3.05, 3.63) is 47.8 Å². The van der Waals surface area contributed by atoms with Crippen LogP contribution < -0.4 is 4.90 Å². The lowest BCUT2D eigenvalue weighted by Crippen LogP contribution is -2.48. The van der Waals surface area contributed by atoms with Gasteiger partial charge in [-0.1, -0.05) is 18.6 Å². The molecule has 0 radical (unpaired) electrons. The minimum absolute atomic E-state index is 0.382. The zero-order valence-corrected chi connectivity index (χ0v) is 20.5. The molecule has 5 nitrogen and oxygen atoms in total. The van der Waals surface area contributed by atoms with Gasteiger partial charge in [0.05, 0.1) is 5.69 Å². The Labute approximate surface area is 204 Å². The number of aromatic amines is 1. The number of rotatable bonds is 5. The Kier molecular flexibility index (Phi) is 6.77. The van der Waals surface area contributed by atoms with Crippen LogP contribution in [0.25, 0.3) is 22.2 Å². The second-order valence-electron chi connectivity index (χ2n) is 10.1. The van der Waals surface area contributed by atoms with E-state index < -0.39 is 11.9 Å². The van der Waals surface area contributed by atoms with Crippen molar-refractivity contribution in [2.45, 2.75) is 51.9 Å². The van der Waals surface area contributed by atoms with Gasteiger partial charge < -0.3 is 9.88 Å². The Balaban J connectivity index is 1.44. The number of hydrogen-bond donors (Lipinski definition) is 1. The second-order valence-corrected chi connectivity index (χ2v) is 10.1. The van der Waals surface area contributed by atoms with Crippen LogP contribution in [0.15, 0.2) is 36.4 Å². The molecule has 2 aliphatic rings. The lowest BCUT2D eigenvalue weighted by Gasteiger charge is -2.38. The van der Waals surface area contributed by atoms with E-state index in [2.05, 4.69) is 38.5 Å². The van der Waals surface area contributed by atoms with E-state index in [-0.39, 0.29) is 0 Å². The second kappa shape index (κ2) is 9.82. The van der Waals surface area contributed by atoms with Gasteiger partial charge in [-0.15, -0.1) is 0 Å². The smallest absolute Gasteiger partial charge is 0.369 e. The number of likely N-dealkylation sites (tertiary alicyclic amines) is 1. The highest BCUT2D eigenvalue weighted by atomic mass is 19.4. The van der Waals surface area contributed by atoms with E-state index in [9.17, 15) is 13.2 Å². The maximum atomic E-state index is 13.7. The first-order chi connectivity index (χ1) is 16.8. The maximum Gasteiger partial charge on any atom is 0.433 e. The van der Waals surface area contributed by atoms with Crippen LogP contribution in [-0.2, 0) is 12.7 Å². The minimum Gasteiger partial charge on any atom is -0.369 e. The highest BCUT2D eigenvalue weighted by Gasteiger charge is 2.34. The van der Waals surface area contributed by atoms with Crippen LogP contribution in [0.4, 0.5) is 18.9 Å². The van der Waals surface area contributed by atoms with Gasteiger partial charge in [-0.25, -0.2) is 4.98 Å². The molecule has 8 heteroatoms. The fourth-order valence-corrected chi connectivity index (χ4v) is 5.32. The highest BCUT2D eigenvalue weighted by molar-refractivity contribution is 5.94. The monoisotopic (exact) mass is 485 g/mol. The number of piperazine rings is 1. The first kappa shape index (κ1) is 24.1. The van der Waals surface area contributed by atoms with Gasteiger partial charge in [0.25, 0.3) is 0 Å². The topological polar surface area (TPSA) is 38.4 Å². The standard InChI is InChI=1S/C27H34F3N5/c1-19(2)34-12-14-35(15-13-34)22-8-6-20(7-9-22)26-23-16-21(18-33-10-4-3-5-11-33)31-24(23)17-25(32-26)27(28,29)30/h6-9,16-17,19,31H,3-5,10-15,18H2,1-2H3. The molecule has 0 atom stereocenters. The Morgan fingerprint density at radius 2 is 1.60 bits per heavy atom. The molecule has 2 aromatic heterocycles. The number of piperidine rings is 1. The molecule has 0 saturated carbocycles. The quantitative estimate of drug-likeness (QED) is 0.498. The van der Waals surface area contributed by atoms with Crippen molar-refractivity contribution >= 4 is 16.6 Å². The molecule has 0 aliphatic carbocycles. The summed E-state index contributed by atoms with van der Waals surface area (Å²) in [5.74, 6) is 0. The van der Waals surface area contributed by atoms with Crippen molar-refractivity contribution < 1.29 is 13.2 Å². The van der Waals surface area contributed by atoms with E-state index in [0.29, 0.717) is 22.8 Å². The fourth-order valence-electron chi connectivity index (χ4n) is 5.32. The van der Waals surface area contributed by atoms with Crippen LogP contribution in [0.1, 0.15) is 44.5 Å².